The molecule has 0 spiro atoms. The predicted molar refractivity (Wildman–Crippen MR) is 67.7 cm³/mol. The van der Waals surface area contributed by atoms with E-state index < -0.39 is 23.7 Å². The molecule has 0 amide bonds. The number of carbonyl (C=O) groups is 1. The Morgan fingerprint density at radius 2 is 2.06 bits per heavy atom. The minimum Gasteiger partial charge on any atom is -0.468 e. The number of methoxy groups -OCH3 is 1. The van der Waals surface area contributed by atoms with Crippen LogP contribution in [0.2, 0.25) is 0 Å². The zero-order valence-corrected chi connectivity index (χ0v) is 10.8. The van der Waals surface area contributed by atoms with Gasteiger partial charge < -0.3 is 10.5 Å². The summed E-state index contributed by atoms with van der Waals surface area (Å²) in [6, 6.07) is 6.69. The summed E-state index contributed by atoms with van der Waals surface area (Å²) < 4.78 is 31.8. The quantitative estimate of drug-likeness (QED) is 0.807. The fraction of sp³-hybridized carbons (Fsp3) is 0.417. The summed E-state index contributed by atoms with van der Waals surface area (Å²) in [7, 11) is 1.21. The van der Waals surface area contributed by atoms with Crippen LogP contribution < -0.4 is 5.73 Å². The van der Waals surface area contributed by atoms with Gasteiger partial charge in [0, 0.05) is 11.3 Å². The highest BCUT2D eigenvalue weighted by molar-refractivity contribution is 7.99. The number of nitrogens with two attached hydrogens (primary N) is 1. The molecule has 2 N–H and O–H groups in total. The number of hydrogen-bond donors (Lipinski definition) is 1. The molecule has 6 heteroatoms. The molecule has 1 rings (SSSR count). The van der Waals surface area contributed by atoms with E-state index in [9.17, 15) is 13.6 Å². The normalized spacial score (nSPS) is 13.1. The molecule has 0 bridgehead atoms. The van der Waals surface area contributed by atoms with Crippen molar-refractivity contribution in [2.45, 2.75) is 12.0 Å². The summed E-state index contributed by atoms with van der Waals surface area (Å²) in [4.78, 5) is 11.0. The van der Waals surface area contributed by atoms with Gasteiger partial charge in [-0.05, 0) is 0 Å². The largest absolute Gasteiger partial charge is 0.468 e. The smallest absolute Gasteiger partial charge is 0.323 e. The Labute approximate surface area is 109 Å². The lowest BCUT2D eigenvalue weighted by Crippen LogP contribution is -2.34. The van der Waals surface area contributed by atoms with Crippen molar-refractivity contribution in [1.82, 2.24) is 0 Å². The molecule has 0 aliphatic carbocycles. The van der Waals surface area contributed by atoms with Crippen molar-refractivity contribution in [2.24, 2.45) is 5.73 Å². The molecule has 0 aliphatic heterocycles. The monoisotopic (exact) mass is 275 g/mol. The Kier molecular flexibility index (Phi) is 5.55. The van der Waals surface area contributed by atoms with E-state index in [0.29, 0.717) is 0 Å². The first-order valence-corrected chi connectivity index (χ1v) is 6.47. The Bertz CT molecular complexity index is 387. The van der Waals surface area contributed by atoms with Crippen molar-refractivity contribution < 1.29 is 18.3 Å². The maximum atomic E-state index is 13.7. The molecule has 100 valence electrons. The molecular formula is C12H15F2NO2S. The minimum atomic E-state index is -2.93. The van der Waals surface area contributed by atoms with Crippen molar-refractivity contribution in [3.63, 3.8) is 0 Å². The van der Waals surface area contributed by atoms with Gasteiger partial charge in [-0.1, -0.05) is 30.3 Å². The third kappa shape index (κ3) is 4.27. The zero-order chi connectivity index (χ0) is 13.6. The van der Waals surface area contributed by atoms with Crippen LogP contribution in [-0.2, 0) is 15.5 Å². The van der Waals surface area contributed by atoms with Gasteiger partial charge in [0.15, 0.2) is 0 Å². The van der Waals surface area contributed by atoms with Crippen LogP contribution in [0.25, 0.3) is 0 Å². The van der Waals surface area contributed by atoms with Crippen LogP contribution in [0.1, 0.15) is 5.56 Å². The second kappa shape index (κ2) is 6.70. The van der Waals surface area contributed by atoms with Crippen LogP contribution >= 0.6 is 11.8 Å². The van der Waals surface area contributed by atoms with E-state index in [0.717, 1.165) is 11.8 Å². The van der Waals surface area contributed by atoms with Crippen LogP contribution in [0.4, 0.5) is 8.78 Å². The summed E-state index contributed by atoms with van der Waals surface area (Å²) in [6.45, 7) is 0. The molecule has 0 aromatic heterocycles. The number of hydrogen-bond acceptors (Lipinski definition) is 4. The summed E-state index contributed by atoms with van der Waals surface area (Å²) in [5.74, 6) is -3.83. The van der Waals surface area contributed by atoms with Crippen LogP contribution in [0.15, 0.2) is 30.3 Å². The SMILES string of the molecule is COC(=O)C(N)CSCC(F)(F)c1ccccc1. The van der Waals surface area contributed by atoms with Gasteiger partial charge in [0.2, 0.25) is 0 Å². The molecule has 1 unspecified atom stereocenters. The summed E-state index contributed by atoms with van der Waals surface area (Å²) in [5.41, 5.74) is 5.42. The average molecular weight is 275 g/mol. The van der Waals surface area contributed by atoms with Gasteiger partial charge in [0.25, 0.3) is 5.92 Å². The second-order valence-corrected chi connectivity index (χ2v) is 4.75. The van der Waals surface area contributed by atoms with E-state index in [1.165, 1.54) is 19.2 Å². The lowest BCUT2D eigenvalue weighted by atomic mass is 10.1. The van der Waals surface area contributed by atoms with E-state index in [1.807, 2.05) is 0 Å². The van der Waals surface area contributed by atoms with E-state index in [2.05, 4.69) is 4.74 Å². The second-order valence-electron chi connectivity index (χ2n) is 3.72. The molecule has 1 aromatic rings. The number of halogens is 2. The van der Waals surface area contributed by atoms with Gasteiger partial charge in [-0.2, -0.15) is 11.8 Å². The first kappa shape index (κ1) is 14.9. The van der Waals surface area contributed by atoms with E-state index >= 15 is 0 Å². The Morgan fingerprint density at radius 1 is 1.44 bits per heavy atom. The Morgan fingerprint density at radius 3 is 2.61 bits per heavy atom. The number of rotatable bonds is 6. The molecule has 18 heavy (non-hydrogen) atoms. The van der Waals surface area contributed by atoms with Crippen molar-refractivity contribution in [3.8, 4) is 0 Å². The fourth-order valence-electron chi connectivity index (χ4n) is 1.30. The van der Waals surface area contributed by atoms with E-state index in [1.54, 1.807) is 18.2 Å². The summed E-state index contributed by atoms with van der Waals surface area (Å²) in [6.07, 6.45) is 0. The average Bonchev–Trinajstić information content (AvgIpc) is 2.38. The highest BCUT2D eigenvalue weighted by atomic mass is 32.2. The van der Waals surface area contributed by atoms with Crippen LogP contribution in [0.3, 0.4) is 0 Å². The number of esters is 1. The maximum Gasteiger partial charge on any atom is 0.323 e. The number of thioether (sulfide) groups is 1. The van der Waals surface area contributed by atoms with Crippen molar-refractivity contribution in [3.05, 3.63) is 35.9 Å². The fourth-order valence-corrected chi connectivity index (χ4v) is 2.23. The van der Waals surface area contributed by atoms with Crippen molar-refractivity contribution in [1.29, 1.82) is 0 Å². The topological polar surface area (TPSA) is 52.3 Å². The molecular weight excluding hydrogens is 260 g/mol. The van der Waals surface area contributed by atoms with Crippen LogP contribution in [0.5, 0.6) is 0 Å². The maximum absolute atomic E-state index is 13.7. The third-order valence-electron chi connectivity index (χ3n) is 2.28. The lowest BCUT2D eigenvalue weighted by molar-refractivity contribution is -0.141. The highest BCUT2D eigenvalue weighted by Gasteiger charge is 2.31. The van der Waals surface area contributed by atoms with Gasteiger partial charge in [0.05, 0.1) is 12.9 Å². The molecule has 0 fully saturated rings. The lowest BCUT2D eigenvalue weighted by Gasteiger charge is -2.17. The summed E-state index contributed by atoms with van der Waals surface area (Å²) >= 11 is 0.931. The van der Waals surface area contributed by atoms with Crippen LogP contribution in [0, 0.1) is 0 Å². The molecule has 3 nitrogen and oxygen atoms in total. The van der Waals surface area contributed by atoms with Gasteiger partial charge in [-0.15, -0.1) is 0 Å². The minimum absolute atomic E-state index is 0.0378. The highest BCUT2D eigenvalue weighted by Crippen LogP contribution is 2.31. The van der Waals surface area contributed by atoms with Gasteiger partial charge in [-0.25, -0.2) is 8.78 Å². The molecule has 1 atom stereocenters. The number of benzene rings is 1. The summed E-state index contributed by atoms with van der Waals surface area (Å²) in [5, 5.41) is 0. The zero-order valence-electron chi connectivity index (χ0n) is 9.94. The number of alkyl halides is 2. The predicted octanol–water partition coefficient (Wildman–Crippen LogP) is 2.01. The number of carbonyl (C=O) groups excluding carboxylic acids is 1. The van der Waals surface area contributed by atoms with Gasteiger partial charge in [-0.3, -0.25) is 4.79 Å². The molecule has 0 heterocycles. The molecule has 0 radical (unpaired) electrons. The standard InChI is InChI=1S/C12H15F2NO2S/c1-17-11(16)10(15)7-18-8-12(13,14)9-5-3-2-4-6-9/h2-6,10H,7-8,15H2,1H3. The van der Waals surface area contributed by atoms with E-state index in [4.69, 9.17) is 5.73 Å². The van der Waals surface area contributed by atoms with Gasteiger partial charge in [0.1, 0.15) is 6.04 Å². The van der Waals surface area contributed by atoms with Crippen molar-refractivity contribution in [2.75, 3.05) is 18.6 Å². The van der Waals surface area contributed by atoms with E-state index in [-0.39, 0.29) is 11.3 Å². The third-order valence-corrected chi connectivity index (χ3v) is 3.44. The Balaban J connectivity index is 2.46. The molecule has 0 saturated carbocycles. The Hall–Kier alpha value is -1.14. The molecule has 0 aliphatic rings. The van der Waals surface area contributed by atoms with Crippen molar-refractivity contribution >= 4 is 17.7 Å². The first-order chi connectivity index (χ1) is 8.47. The number of ether oxygens (including phenoxy) is 1. The molecule has 1 aromatic carbocycles. The first-order valence-electron chi connectivity index (χ1n) is 5.32. The van der Waals surface area contributed by atoms with Gasteiger partial charge >= 0.3 is 5.97 Å². The molecule has 0 saturated heterocycles. The van der Waals surface area contributed by atoms with Crippen LogP contribution in [-0.4, -0.2) is 30.6 Å².